The molecule has 3 rings (SSSR count). The molecule has 1 aliphatic heterocycles. The van der Waals surface area contributed by atoms with Crippen LogP contribution in [0.2, 0.25) is 0 Å². The summed E-state index contributed by atoms with van der Waals surface area (Å²) in [7, 11) is 0. The number of aliphatic imine (C=N–C) groups is 1. The van der Waals surface area contributed by atoms with Crippen molar-refractivity contribution in [3.8, 4) is 0 Å². The molecule has 0 fully saturated rings. The molecule has 160 valence electrons. The number of thiophene rings is 1. The molecule has 10 heteroatoms. The van der Waals surface area contributed by atoms with E-state index in [9.17, 15) is 22.8 Å². The van der Waals surface area contributed by atoms with Crippen molar-refractivity contribution in [2.45, 2.75) is 58.2 Å². The number of carbonyl (C=O) groups is 2. The van der Waals surface area contributed by atoms with Crippen LogP contribution in [0, 0.1) is 0 Å². The smallest absolute Gasteiger partial charge is 0.389 e. The summed E-state index contributed by atoms with van der Waals surface area (Å²) in [4.78, 5) is 27.4. The van der Waals surface area contributed by atoms with Crippen molar-refractivity contribution >= 4 is 33.9 Å². The third-order valence-electron chi connectivity index (χ3n) is 4.54. The van der Waals surface area contributed by atoms with E-state index >= 15 is 0 Å². The van der Waals surface area contributed by atoms with Crippen molar-refractivity contribution in [1.82, 2.24) is 0 Å². The minimum atomic E-state index is -4.45. The van der Waals surface area contributed by atoms with Gasteiger partial charge in [0.1, 0.15) is 10.7 Å². The molecule has 0 saturated carbocycles. The Hall–Kier alpha value is -2.20. The highest BCUT2D eigenvalue weighted by Crippen LogP contribution is 2.37. The molecule has 0 radical (unpaired) electrons. The zero-order chi connectivity index (χ0) is 21.8. The third-order valence-corrected chi connectivity index (χ3v) is 5.75. The first kappa shape index (κ1) is 23.1. The number of carbonyl (C=O) groups excluding carboxylic acids is 2. The molecule has 2 heterocycles. The summed E-state index contributed by atoms with van der Waals surface area (Å²) in [6, 6.07) is 0. The zero-order valence-electron chi connectivity index (χ0n) is 16.2. The monoisotopic (exact) mass is 431 g/mol. The number of alkyl halides is 3. The predicted molar refractivity (Wildman–Crippen MR) is 107 cm³/mol. The maximum Gasteiger partial charge on any atom is 0.433 e. The molecule has 0 saturated heterocycles. The summed E-state index contributed by atoms with van der Waals surface area (Å²) >= 11 is 1.50. The van der Waals surface area contributed by atoms with Crippen LogP contribution in [0.5, 0.6) is 0 Å². The highest BCUT2D eigenvalue weighted by Gasteiger charge is 2.40. The number of primary amides is 1. The zero-order valence-corrected chi connectivity index (χ0v) is 17.0. The molecule has 0 spiro atoms. The van der Waals surface area contributed by atoms with Gasteiger partial charge in [-0.15, -0.1) is 11.3 Å². The molecule has 0 bridgehead atoms. The molecule has 1 unspecified atom stereocenters. The number of amides is 2. The average Bonchev–Trinajstić information content (AvgIpc) is 3.26. The summed E-state index contributed by atoms with van der Waals surface area (Å²) in [5.41, 5.74) is 5.94. The molecule has 6 nitrogen and oxygen atoms in total. The Kier molecular flexibility index (Phi) is 7.59. The number of aliphatic hydroxyl groups is 1. The number of rotatable bonds is 4. The van der Waals surface area contributed by atoms with E-state index in [0.717, 1.165) is 31.2 Å². The Bertz CT molecular complexity index is 842. The van der Waals surface area contributed by atoms with Crippen LogP contribution in [-0.4, -0.2) is 41.5 Å². The molecule has 1 aromatic heterocycles. The second-order valence-corrected chi connectivity index (χ2v) is 7.81. The number of hydrogen-bond acceptors (Lipinski definition) is 5. The van der Waals surface area contributed by atoms with Crippen LogP contribution >= 0.6 is 11.3 Å². The van der Waals surface area contributed by atoms with Crippen molar-refractivity contribution in [3.05, 3.63) is 27.7 Å². The topological polar surface area (TPSA) is 105 Å². The Morgan fingerprint density at radius 3 is 2.52 bits per heavy atom. The van der Waals surface area contributed by atoms with Crippen LogP contribution in [0.1, 0.15) is 53.9 Å². The van der Waals surface area contributed by atoms with Gasteiger partial charge in [0.15, 0.2) is 0 Å². The van der Waals surface area contributed by atoms with E-state index in [-0.39, 0.29) is 18.0 Å². The number of nitrogens with one attached hydrogen (secondary N) is 1. The SMILES string of the molecule is CC(O)C1=CCN=C1C(F)(F)F.CCC(=O)Nc1sc2c(c1C(N)=O)CCCC2. The lowest BCUT2D eigenvalue weighted by Crippen LogP contribution is -2.27. The van der Waals surface area contributed by atoms with E-state index in [2.05, 4.69) is 10.3 Å². The quantitative estimate of drug-likeness (QED) is 0.681. The Labute approximate surface area is 170 Å². The van der Waals surface area contributed by atoms with Gasteiger partial charge in [0.05, 0.1) is 18.2 Å². The van der Waals surface area contributed by atoms with Gasteiger partial charge in [-0.1, -0.05) is 13.0 Å². The van der Waals surface area contributed by atoms with E-state index in [1.807, 2.05) is 0 Å². The van der Waals surface area contributed by atoms with E-state index < -0.39 is 23.9 Å². The van der Waals surface area contributed by atoms with Crippen LogP contribution in [0.15, 0.2) is 16.6 Å². The predicted octanol–water partition coefficient (Wildman–Crippen LogP) is 3.38. The lowest BCUT2D eigenvalue weighted by atomic mass is 9.95. The number of aliphatic hydroxyl groups excluding tert-OH is 1. The number of halogens is 3. The van der Waals surface area contributed by atoms with Gasteiger partial charge in [0.25, 0.3) is 5.91 Å². The average molecular weight is 431 g/mol. The molecule has 1 aromatic rings. The highest BCUT2D eigenvalue weighted by molar-refractivity contribution is 7.17. The van der Waals surface area contributed by atoms with E-state index in [1.54, 1.807) is 6.92 Å². The van der Waals surface area contributed by atoms with Gasteiger partial charge >= 0.3 is 6.18 Å². The van der Waals surface area contributed by atoms with E-state index in [4.69, 9.17) is 10.8 Å². The number of nitrogens with zero attached hydrogens (tertiary/aromatic N) is 1. The van der Waals surface area contributed by atoms with Crippen LogP contribution in [0.3, 0.4) is 0 Å². The molecule has 1 atom stereocenters. The van der Waals surface area contributed by atoms with Gasteiger partial charge in [0.2, 0.25) is 5.91 Å². The van der Waals surface area contributed by atoms with Crippen molar-refractivity contribution in [2.75, 3.05) is 11.9 Å². The number of fused-ring (bicyclic) bond motifs is 1. The van der Waals surface area contributed by atoms with Crippen LogP contribution in [0.25, 0.3) is 0 Å². The van der Waals surface area contributed by atoms with Gasteiger partial charge in [-0.25, -0.2) is 0 Å². The fourth-order valence-electron chi connectivity index (χ4n) is 3.17. The Morgan fingerprint density at radius 2 is 2.00 bits per heavy atom. The van der Waals surface area contributed by atoms with Crippen molar-refractivity contribution in [2.24, 2.45) is 10.7 Å². The highest BCUT2D eigenvalue weighted by atomic mass is 32.1. The lowest BCUT2D eigenvalue weighted by Gasteiger charge is -2.11. The summed E-state index contributed by atoms with van der Waals surface area (Å²) in [5, 5.41) is 12.3. The normalized spacial score (nSPS) is 16.8. The first-order chi connectivity index (χ1) is 13.6. The van der Waals surface area contributed by atoms with Crippen LogP contribution in [-0.2, 0) is 17.6 Å². The molecule has 0 aromatic carbocycles. The number of aryl methyl sites for hydroxylation is 1. The third kappa shape index (κ3) is 5.66. The summed E-state index contributed by atoms with van der Waals surface area (Å²) in [6.45, 7) is 3.08. The van der Waals surface area contributed by atoms with Crippen LogP contribution < -0.4 is 11.1 Å². The summed E-state index contributed by atoms with van der Waals surface area (Å²) in [5.74, 6) is -0.512. The van der Waals surface area contributed by atoms with E-state index in [0.29, 0.717) is 17.0 Å². The largest absolute Gasteiger partial charge is 0.433 e. The van der Waals surface area contributed by atoms with Crippen molar-refractivity contribution < 1.29 is 27.9 Å². The fourth-order valence-corrected chi connectivity index (χ4v) is 4.49. The first-order valence-corrected chi connectivity index (χ1v) is 10.1. The second-order valence-electron chi connectivity index (χ2n) is 6.70. The van der Waals surface area contributed by atoms with Gasteiger partial charge in [-0.3, -0.25) is 14.6 Å². The van der Waals surface area contributed by atoms with Crippen LogP contribution in [0.4, 0.5) is 18.2 Å². The Balaban J connectivity index is 0.000000221. The molecular formula is C19H24F3N3O3S. The first-order valence-electron chi connectivity index (χ1n) is 9.30. The number of anilines is 1. The minimum Gasteiger partial charge on any atom is -0.389 e. The maximum absolute atomic E-state index is 12.1. The summed E-state index contributed by atoms with van der Waals surface area (Å²) in [6.07, 6.45) is 0.257. The maximum atomic E-state index is 12.1. The molecule has 4 N–H and O–H groups in total. The minimum absolute atomic E-state index is 0.00900. The fraction of sp³-hybridized carbons (Fsp3) is 0.526. The second kappa shape index (κ2) is 9.53. The molecule has 29 heavy (non-hydrogen) atoms. The van der Waals surface area contributed by atoms with Crippen molar-refractivity contribution in [1.29, 1.82) is 0 Å². The number of nitrogens with two attached hydrogens (primary N) is 1. The van der Waals surface area contributed by atoms with E-state index in [1.165, 1.54) is 29.2 Å². The standard InChI is InChI=1S/C12H16N2O2S.C7H8F3NO/c1-2-9(15)14-12-10(11(13)16)7-5-3-4-6-8(7)17-12;1-4(12)5-2-3-11-6(5)7(8,9)10/h2-6H2,1H3,(H2,13,16)(H,14,15);2,4,12H,3H2,1H3. The Morgan fingerprint density at radius 1 is 1.34 bits per heavy atom. The summed E-state index contributed by atoms with van der Waals surface area (Å²) < 4.78 is 36.3. The molecule has 2 aliphatic rings. The molecular weight excluding hydrogens is 407 g/mol. The van der Waals surface area contributed by atoms with Gasteiger partial charge in [0, 0.05) is 16.9 Å². The lowest BCUT2D eigenvalue weighted by molar-refractivity contribution is -0.115. The van der Waals surface area contributed by atoms with Gasteiger partial charge in [-0.2, -0.15) is 13.2 Å². The number of hydrogen-bond donors (Lipinski definition) is 3. The molecule has 2 amide bonds. The molecule has 1 aliphatic carbocycles. The van der Waals surface area contributed by atoms with Gasteiger partial charge < -0.3 is 16.2 Å². The van der Waals surface area contributed by atoms with Crippen molar-refractivity contribution in [3.63, 3.8) is 0 Å². The van der Waals surface area contributed by atoms with Gasteiger partial charge in [-0.05, 0) is 38.2 Å².